The van der Waals surface area contributed by atoms with E-state index >= 15 is 0 Å². The quantitative estimate of drug-likeness (QED) is 0.812. The van der Waals surface area contributed by atoms with Gasteiger partial charge < -0.3 is 10.2 Å². The molecule has 1 aromatic heterocycles. The monoisotopic (exact) mass is 349 g/mol. The van der Waals surface area contributed by atoms with Crippen molar-refractivity contribution in [2.45, 2.75) is 36.6 Å². The molecule has 124 valence electrons. The first-order chi connectivity index (χ1) is 11.3. The smallest absolute Gasteiger partial charge is 0.233 e. The number of nitrogens with one attached hydrogen (secondary N) is 1. The number of hydrogen-bond donors (Lipinski definition) is 1. The van der Waals surface area contributed by atoms with Crippen molar-refractivity contribution in [3.8, 4) is 0 Å². The zero-order valence-electron chi connectivity index (χ0n) is 13.5. The molecule has 0 aliphatic carbocycles. The van der Waals surface area contributed by atoms with Gasteiger partial charge in [0.2, 0.25) is 5.91 Å². The molecule has 2 aromatic rings. The Morgan fingerprint density at radius 2 is 2.17 bits per heavy atom. The lowest BCUT2D eigenvalue weighted by atomic mass is 10.0. The molecular weight excluding hydrogens is 326 g/mol. The number of para-hydroxylation sites is 1. The lowest BCUT2D eigenvalue weighted by Crippen LogP contribution is -2.47. The molecule has 0 bridgehead atoms. The molecule has 1 aliphatic heterocycles. The third-order valence-corrected chi connectivity index (χ3v) is 6.29. The molecule has 0 saturated carbocycles. The highest BCUT2D eigenvalue weighted by Gasteiger charge is 2.24. The number of benzene rings is 1. The fourth-order valence-electron chi connectivity index (χ4n) is 2.99. The summed E-state index contributed by atoms with van der Waals surface area (Å²) >= 11 is 3.24. The van der Waals surface area contributed by atoms with Gasteiger partial charge in [0.1, 0.15) is 0 Å². The molecule has 4 nitrogen and oxygen atoms in total. The number of amides is 1. The highest BCUT2D eigenvalue weighted by molar-refractivity contribution is 8.01. The second-order valence-corrected chi connectivity index (χ2v) is 8.06. The van der Waals surface area contributed by atoms with E-state index in [1.54, 1.807) is 23.1 Å². The van der Waals surface area contributed by atoms with Crippen LogP contribution in [0.2, 0.25) is 0 Å². The van der Waals surface area contributed by atoms with Gasteiger partial charge in [0.25, 0.3) is 0 Å². The van der Waals surface area contributed by atoms with Crippen LogP contribution in [0.4, 0.5) is 0 Å². The number of carbonyl (C=O) groups is 1. The third kappa shape index (κ3) is 4.25. The largest absolute Gasteiger partial charge is 0.339 e. The number of rotatable bonds is 6. The second-order valence-electron chi connectivity index (χ2n) is 5.80. The van der Waals surface area contributed by atoms with Crippen LogP contribution in [0.3, 0.4) is 0 Å². The van der Waals surface area contributed by atoms with Crippen molar-refractivity contribution in [3.05, 3.63) is 24.3 Å². The second kappa shape index (κ2) is 8.13. The molecule has 1 saturated heterocycles. The molecule has 1 fully saturated rings. The summed E-state index contributed by atoms with van der Waals surface area (Å²) < 4.78 is 2.17. The first-order valence-corrected chi connectivity index (χ1v) is 10.1. The Kier molecular flexibility index (Phi) is 5.91. The van der Waals surface area contributed by atoms with Crippen LogP contribution >= 0.6 is 23.1 Å². The molecule has 2 heterocycles. The fourth-order valence-corrected chi connectivity index (χ4v) is 4.94. The molecule has 1 aromatic carbocycles. The number of aromatic nitrogens is 1. The van der Waals surface area contributed by atoms with Gasteiger partial charge in [-0.2, -0.15) is 0 Å². The summed E-state index contributed by atoms with van der Waals surface area (Å²) in [6.07, 6.45) is 3.15. The average molecular weight is 350 g/mol. The third-order valence-electron chi connectivity index (χ3n) is 4.13. The maximum Gasteiger partial charge on any atom is 0.233 e. The number of carbonyl (C=O) groups excluding carboxylic acids is 1. The van der Waals surface area contributed by atoms with E-state index in [0.29, 0.717) is 11.8 Å². The lowest BCUT2D eigenvalue weighted by molar-refractivity contribution is -0.131. The van der Waals surface area contributed by atoms with Crippen molar-refractivity contribution in [2.24, 2.45) is 0 Å². The Hall–Kier alpha value is -1.11. The van der Waals surface area contributed by atoms with E-state index in [1.807, 2.05) is 18.2 Å². The molecule has 23 heavy (non-hydrogen) atoms. The van der Waals surface area contributed by atoms with Crippen LogP contribution in [0, 0.1) is 0 Å². The first kappa shape index (κ1) is 16.7. The molecule has 1 amide bonds. The molecule has 0 unspecified atom stereocenters. The zero-order chi connectivity index (χ0) is 16.1. The summed E-state index contributed by atoms with van der Waals surface area (Å²) in [6.45, 7) is 5.04. The molecule has 3 rings (SSSR count). The predicted molar refractivity (Wildman–Crippen MR) is 98.2 cm³/mol. The zero-order valence-corrected chi connectivity index (χ0v) is 15.1. The van der Waals surface area contributed by atoms with E-state index in [4.69, 9.17) is 0 Å². The van der Waals surface area contributed by atoms with Gasteiger partial charge in [-0.25, -0.2) is 4.98 Å². The van der Waals surface area contributed by atoms with Crippen molar-refractivity contribution in [2.75, 3.05) is 25.4 Å². The number of fused-ring (bicyclic) bond motifs is 1. The number of thiazole rings is 1. The number of hydrogen-bond acceptors (Lipinski definition) is 5. The topological polar surface area (TPSA) is 45.2 Å². The maximum atomic E-state index is 12.7. The van der Waals surface area contributed by atoms with E-state index < -0.39 is 0 Å². The fraction of sp³-hybridized carbons (Fsp3) is 0.529. The van der Waals surface area contributed by atoms with Crippen molar-refractivity contribution in [1.82, 2.24) is 15.2 Å². The first-order valence-electron chi connectivity index (χ1n) is 8.26. The summed E-state index contributed by atoms with van der Waals surface area (Å²) in [6, 6.07) is 8.54. The van der Waals surface area contributed by atoms with Gasteiger partial charge >= 0.3 is 0 Å². The molecular formula is C17H23N3OS2. The Morgan fingerprint density at radius 3 is 2.91 bits per heavy atom. The SMILES string of the molecule is CCCN(C(=O)CSc1nc2ccccc2s1)C1CCNCC1. The minimum absolute atomic E-state index is 0.253. The van der Waals surface area contributed by atoms with E-state index in [0.717, 1.165) is 48.8 Å². The van der Waals surface area contributed by atoms with Crippen LogP contribution in [-0.2, 0) is 4.79 Å². The molecule has 0 spiro atoms. The summed E-state index contributed by atoms with van der Waals surface area (Å²) in [5.41, 5.74) is 1.02. The van der Waals surface area contributed by atoms with E-state index in [9.17, 15) is 4.79 Å². The van der Waals surface area contributed by atoms with Crippen molar-refractivity contribution >= 4 is 39.2 Å². The minimum Gasteiger partial charge on any atom is -0.339 e. The van der Waals surface area contributed by atoms with Gasteiger partial charge in [0.05, 0.1) is 16.0 Å². The standard InChI is InChI=1S/C17H23N3OS2/c1-2-11-20(13-7-9-18-10-8-13)16(21)12-22-17-19-14-5-3-4-6-15(14)23-17/h3-6,13,18H,2,7-12H2,1H3. The van der Waals surface area contributed by atoms with Crippen LogP contribution in [0.1, 0.15) is 26.2 Å². The van der Waals surface area contributed by atoms with Crippen molar-refractivity contribution in [1.29, 1.82) is 0 Å². The van der Waals surface area contributed by atoms with Gasteiger partial charge in [0.15, 0.2) is 4.34 Å². The van der Waals surface area contributed by atoms with Crippen LogP contribution in [0.15, 0.2) is 28.6 Å². The Balaban J connectivity index is 1.61. The van der Waals surface area contributed by atoms with Gasteiger partial charge in [-0.1, -0.05) is 30.8 Å². The molecule has 0 radical (unpaired) electrons. The van der Waals surface area contributed by atoms with E-state index in [1.165, 1.54) is 4.70 Å². The van der Waals surface area contributed by atoms with Crippen LogP contribution in [-0.4, -0.2) is 47.2 Å². The van der Waals surface area contributed by atoms with Gasteiger partial charge in [-0.05, 0) is 44.5 Å². The Bertz CT molecular complexity index is 619. The summed E-state index contributed by atoms with van der Waals surface area (Å²) in [7, 11) is 0. The summed E-state index contributed by atoms with van der Waals surface area (Å²) in [5, 5.41) is 3.37. The molecule has 6 heteroatoms. The van der Waals surface area contributed by atoms with E-state index in [2.05, 4.69) is 28.2 Å². The summed E-state index contributed by atoms with van der Waals surface area (Å²) in [5.74, 6) is 0.743. The Morgan fingerprint density at radius 1 is 1.39 bits per heavy atom. The number of nitrogens with zero attached hydrogens (tertiary/aromatic N) is 2. The van der Waals surface area contributed by atoms with Crippen LogP contribution in [0.25, 0.3) is 10.2 Å². The van der Waals surface area contributed by atoms with Crippen molar-refractivity contribution < 1.29 is 4.79 Å². The number of piperidine rings is 1. The summed E-state index contributed by atoms with van der Waals surface area (Å²) in [4.78, 5) is 19.4. The number of thioether (sulfide) groups is 1. The molecule has 1 aliphatic rings. The Labute approximate surface area is 145 Å². The minimum atomic E-state index is 0.253. The lowest BCUT2D eigenvalue weighted by Gasteiger charge is -2.34. The maximum absolute atomic E-state index is 12.7. The predicted octanol–water partition coefficient (Wildman–Crippen LogP) is 3.38. The van der Waals surface area contributed by atoms with Crippen molar-refractivity contribution in [3.63, 3.8) is 0 Å². The average Bonchev–Trinajstić information content (AvgIpc) is 3.01. The van der Waals surface area contributed by atoms with Crippen LogP contribution in [0.5, 0.6) is 0 Å². The highest BCUT2D eigenvalue weighted by Crippen LogP contribution is 2.29. The normalized spacial score (nSPS) is 15.9. The molecule has 1 N–H and O–H groups in total. The van der Waals surface area contributed by atoms with E-state index in [-0.39, 0.29) is 5.91 Å². The van der Waals surface area contributed by atoms with Gasteiger partial charge in [-0.3, -0.25) is 4.79 Å². The molecule has 0 atom stereocenters. The van der Waals surface area contributed by atoms with Gasteiger partial charge in [0, 0.05) is 12.6 Å². The van der Waals surface area contributed by atoms with Crippen LogP contribution < -0.4 is 5.32 Å². The highest BCUT2D eigenvalue weighted by atomic mass is 32.2. The van der Waals surface area contributed by atoms with Gasteiger partial charge in [-0.15, -0.1) is 11.3 Å².